The van der Waals surface area contributed by atoms with Crippen LogP contribution in [0, 0.1) is 0 Å². The zero-order valence-corrected chi connectivity index (χ0v) is 14.4. The van der Waals surface area contributed by atoms with E-state index in [1.807, 2.05) is 54.6 Å². The maximum absolute atomic E-state index is 12.1. The third-order valence-electron chi connectivity index (χ3n) is 3.70. The number of carbonyl (C=O) groups excluding carboxylic acids is 2. The first-order chi connectivity index (χ1) is 11.5. The highest BCUT2D eigenvalue weighted by Gasteiger charge is 2.13. The zero-order valence-electron chi connectivity index (χ0n) is 13.7. The van der Waals surface area contributed by atoms with E-state index in [0.29, 0.717) is 24.5 Å². The molecule has 24 heavy (non-hydrogen) atoms. The summed E-state index contributed by atoms with van der Waals surface area (Å²) in [5.41, 5.74) is 2.11. The van der Waals surface area contributed by atoms with E-state index < -0.39 is 0 Å². The highest BCUT2D eigenvalue weighted by atomic mass is 35.5. The Balaban J connectivity index is 1.82. The number of amides is 2. The molecular formula is C19H21ClN2O2. The average Bonchev–Trinajstić information content (AvgIpc) is 2.59. The minimum Gasteiger partial charge on any atom is -0.350 e. The van der Waals surface area contributed by atoms with Crippen molar-refractivity contribution in [1.82, 2.24) is 10.2 Å². The van der Waals surface area contributed by atoms with Crippen LogP contribution in [-0.2, 0) is 22.6 Å². The van der Waals surface area contributed by atoms with E-state index in [2.05, 4.69) is 5.32 Å². The molecule has 0 aliphatic rings. The van der Waals surface area contributed by atoms with E-state index in [-0.39, 0.29) is 18.4 Å². The first kappa shape index (κ1) is 18.0. The van der Waals surface area contributed by atoms with E-state index in [1.54, 1.807) is 4.90 Å². The second-order valence-corrected chi connectivity index (χ2v) is 6.02. The third kappa shape index (κ3) is 6.05. The monoisotopic (exact) mass is 344 g/mol. The van der Waals surface area contributed by atoms with Gasteiger partial charge in [0.25, 0.3) is 0 Å². The molecule has 0 fully saturated rings. The lowest BCUT2D eigenvalue weighted by atomic mass is 10.1. The molecule has 0 unspecified atom stereocenters. The van der Waals surface area contributed by atoms with Gasteiger partial charge in [0.1, 0.15) is 0 Å². The van der Waals surface area contributed by atoms with Gasteiger partial charge in [0.2, 0.25) is 11.8 Å². The van der Waals surface area contributed by atoms with Crippen molar-refractivity contribution in [3.05, 3.63) is 70.7 Å². The summed E-state index contributed by atoms with van der Waals surface area (Å²) in [7, 11) is 0. The van der Waals surface area contributed by atoms with Crippen LogP contribution in [0.2, 0.25) is 5.02 Å². The van der Waals surface area contributed by atoms with Gasteiger partial charge < -0.3 is 10.2 Å². The van der Waals surface area contributed by atoms with E-state index in [9.17, 15) is 9.59 Å². The zero-order chi connectivity index (χ0) is 17.4. The van der Waals surface area contributed by atoms with Crippen LogP contribution >= 0.6 is 11.6 Å². The van der Waals surface area contributed by atoms with Crippen LogP contribution < -0.4 is 5.32 Å². The minimum absolute atomic E-state index is 0.0652. The maximum Gasteiger partial charge on any atom is 0.239 e. The van der Waals surface area contributed by atoms with Gasteiger partial charge in [0, 0.05) is 25.0 Å². The Labute approximate surface area is 147 Å². The molecule has 4 nitrogen and oxygen atoms in total. The smallest absolute Gasteiger partial charge is 0.239 e. The molecule has 0 radical (unpaired) electrons. The Morgan fingerprint density at radius 1 is 1.00 bits per heavy atom. The van der Waals surface area contributed by atoms with Gasteiger partial charge in [-0.05, 0) is 29.7 Å². The van der Waals surface area contributed by atoms with Crippen molar-refractivity contribution in [3.8, 4) is 0 Å². The van der Waals surface area contributed by atoms with Crippen molar-refractivity contribution in [2.75, 3.05) is 13.1 Å². The van der Waals surface area contributed by atoms with Gasteiger partial charge in [-0.1, -0.05) is 54.1 Å². The van der Waals surface area contributed by atoms with Crippen LogP contribution in [0.4, 0.5) is 0 Å². The van der Waals surface area contributed by atoms with Crippen molar-refractivity contribution in [2.45, 2.75) is 19.9 Å². The van der Waals surface area contributed by atoms with Gasteiger partial charge in [-0.25, -0.2) is 0 Å². The van der Waals surface area contributed by atoms with Crippen molar-refractivity contribution in [2.24, 2.45) is 0 Å². The van der Waals surface area contributed by atoms with Gasteiger partial charge in [0.05, 0.1) is 6.54 Å². The highest BCUT2D eigenvalue weighted by molar-refractivity contribution is 6.30. The Hall–Kier alpha value is -2.33. The third-order valence-corrected chi connectivity index (χ3v) is 3.95. The molecule has 0 saturated carbocycles. The van der Waals surface area contributed by atoms with E-state index >= 15 is 0 Å². The normalized spacial score (nSPS) is 10.2. The lowest BCUT2D eigenvalue weighted by Gasteiger charge is -2.20. The highest BCUT2D eigenvalue weighted by Crippen LogP contribution is 2.10. The molecule has 0 saturated heterocycles. The summed E-state index contributed by atoms with van der Waals surface area (Å²) in [4.78, 5) is 25.4. The largest absolute Gasteiger partial charge is 0.350 e. The van der Waals surface area contributed by atoms with Crippen LogP contribution in [0.3, 0.4) is 0 Å². The topological polar surface area (TPSA) is 49.4 Å². The van der Waals surface area contributed by atoms with Crippen molar-refractivity contribution < 1.29 is 9.59 Å². The van der Waals surface area contributed by atoms with Gasteiger partial charge in [-0.2, -0.15) is 0 Å². The average molecular weight is 345 g/mol. The lowest BCUT2D eigenvalue weighted by molar-refractivity contribution is -0.134. The number of halogens is 1. The molecule has 0 aliphatic carbocycles. The van der Waals surface area contributed by atoms with Crippen LogP contribution in [-0.4, -0.2) is 29.8 Å². The molecule has 2 aromatic carbocycles. The van der Waals surface area contributed by atoms with Crippen LogP contribution in [0.25, 0.3) is 0 Å². The molecule has 2 rings (SSSR count). The number of carbonyl (C=O) groups is 2. The summed E-state index contributed by atoms with van der Waals surface area (Å²) in [5, 5.41) is 3.52. The van der Waals surface area contributed by atoms with E-state index in [1.165, 1.54) is 6.92 Å². The molecule has 0 aliphatic heterocycles. The summed E-state index contributed by atoms with van der Waals surface area (Å²) < 4.78 is 0. The Morgan fingerprint density at radius 2 is 1.67 bits per heavy atom. The number of nitrogens with zero attached hydrogens (tertiary/aromatic N) is 1. The van der Waals surface area contributed by atoms with Crippen LogP contribution in [0.1, 0.15) is 18.1 Å². The molecule has 5 heteroatoms. The Kier molecular flexibility index (Phi) is 6.82. The SMILES string of the molecule is CC(=O)N(CCc1ccc(Cl)cc1)CC(=O)NCc1ccccc1. The predicted molar refractivity (Wildman–Crippen MR) is 95.7 cm³/mol. The van der Waals surface area contributed by atoms with Gasteiger partial charge in [-0.15, -0.1) is 0 Å². The first-order valence-corrected chi connectivity index (χ1v) is 8.23. The summed E-state index contributed by atoms with van der Waals surface area (Å²) in [5.74, 6) is -0.274. The Bertz CT molecular complexity index is 672. The second kappa shape index (κ2) is 9.08. The molecule has 126 valence electrons. The van der Waals surface area contributed by atoms with Gasteiger partial charge in [0.15, 0.2) is 0 Å². The standard InChI is InChI=1S/C19H21ClN2O2/c1-15(23)22(12-11-16-7-9-18(20)10-8-16)14-19(24)21-13-17-5-3-2-4-6-17/h2-10H,11-14H2,1H3,(H,21,24). The maximum atomic E-state index is 12.1. The molecule has 2 aromatic rings. The molecule has 0 aromatic heterocycles. The van der Waals surface area contributed by atoms with Crippen LogP contribution in [0.15, 0.2) is 54.6 Å². The quantitative estimate of drug-likeness (QED) is 0.839. The van der Waals surface area contributed by atoms with Gasteiger partial charge >= 0.3 is 0 Å². The fraction of sp³-hybridized carbons (Fsp3) is 0.263. The summed E-state index contributed by atoms with van der Waals surface area (Å²) in [6, 6.07) is 17.2. The summed E-state index contributed by atoms with van der Waals surface area (Å²) >= 11 is 5.86. The van der Waals surface area contributed by atoms with Gasteiger partial charge in [-0.3, -0.25) is 9.59 Å². The summed E-state index contributed by atoms with van der Waals surface area (Å²) in [6.45, 7) is 2.50. The molecular weight excluding hydrogens is 324 g/mol. The van der Waals surface area contributed by atoms with Crippen molar-refractivity contribution >= 4 is 23.4 Å². The van der Waals surface area contributed by atoms with Crippen LogP contribution in [0.5, 0.6) is 0 Å². The fourth-order valence-corrected chi connectivity index (χ4v) is 2.41. The molecule has 0 spiro atoms. The number of rotatable bonds is 7. The number of hydrogen-bond donors (Lipinski definition) is 1. The molecule has 2 amide bonds. The molecule has 0 heterocycles. The minimum atomic E-state index is -0.162. The lowest BCUT2D eigenvalue weighted by Crippen LogP contribution is -2.40. The van der Waals surface area contributed by atoms with Crippen molar-refractivity contribution in [1.29, 1.82) is 0 Å². The van der Waals surface area contributed by atoms with E-state index in [4.69, 9.17) is 11.6 Å². The summed E-state index contributed by atoms with van der Waals surface area (Å²) in [6.07, 6.45) is 0.683. The Morgan fingerprint density at radius 3 is 2.29 bits per heavy atom. The second-order valence-electron chi connectivity index (χ2n) is 5.58. The predicted octanol–water partition coefficient (Wildman–Crippen LogP) is 3.05. The number of benzene rings is 2. The molecule has 0 atom stereocenters. The fourth-order valence-electron chi connectivity index (χ4n) is 2.29. The number of nitrogens with one attached hydrogen (secondary N) is 1. The van der Waals surface area contributed by atoms with E-state index in [0.717, 1.165) is 11.1 Å². The first-order valence-electron chi connectivity index (χ1n) is 7.85. The van der Waals surface area contributed by atoms with Crippen molar-refractivity contribution in [3.63, 3.8) is 0 Å². The number of hydrogen-bond acceptors (Lipinski definition) is 2. The molecule has 1 N–H and O–H groups in total. The molecule has 0 bridgehead atoms.